The minimum absolute atomic E-state index is 0.108. The first-order chi connectivity index (χ1) is 7.10. The molecule has 0 unspecified atom stereocenters. The zero-order valence-electron chi connectivity index (χ0n) is 7.88. The van der Waals surface area contributed by atoms with E-state index < -0.39 is 9.84 Å². The molecule has 0 aromatic heterocycles. The first-order valence-corrected chi connectivity index (χ1v) is 5.77. The Morgan fingerprint density at radius 1 is 1.33 bits per heavy atom. The molecule has 0 amide bonds. The Morgan fingerprint density at radius 3 is 2.40 bits per heavy atom. The van der Waals surface area contributed by atoms with Crippen molar-refractivity contribution in [3.63, 3.8) is 0 Å². The lowest BCUT2D eigenvalue weighted by Gasteiger charge is -2.00. The fourth-order valence-electron chi connectivity index (χ4n) is 1.03. The third-order valence-corrected chi connectivity index (χ3v) is 3.37. The molecule has 0 aliphatic carbocycles. The Balaban J connectivity index is 3.08. The molecule has 1 rings (SSSR count). The van der Waals surface area contributed by atoms with Crippen molar-refractivity contribution < 1.29 is 13.2 Å². The van der Waals surface area contributed by atoms with Crippen LogP contribution in [0, 0.1) is 0 Å². The summed E-state index contributed by atoms with van der Waals surface area (Å²) in [6, 6.07) is 5.69. The average Bonchev–Trinajstić information content (AvgIpc) is 2.19. The summed E-state index contributed by atoms with van der Waals surface area (Å²) in [6.45, 7) is 3.37. The molecule has 1 aromatic rings. The Kier molecular flexibility index (Phi) is 3.55. The molecule has 0 bridgehead atoms. The summed E-state index contributed by atoms with van der Waals surface area (Å²) in [5.41, 5.74) is 0.377. The van der Waals surface area contributed by atoms with Crippen LogP contribution < -0.4 is 0 Å². The molecular weight excluding hydrogens is 214 g/mol. The van der Waals surface area contributed by atoms with E-state index in [1.54, 1.807) is 0 Å². The van der Waals surface area contributed by atoms with E-state index in [-0.39, 0.29) is 10.6 Å². The number of hydrogen-bond acceptors (Lipinski definition) is 4. The zero-order valence-corrected chi connectivity index (χ0v) is 8.70. The summed E-state index contributed by atoms with van der Waals surface area (Å²) in [5.74, 6) is -0.108. The standard InChI is InChI=1S/C10H9NO3S/c1-2-7-15(13,14)10-5-3-9(4-6-10)11-8-12/h2-6H,1,7H2. The highest BCUT2D eigenvalue weighted by Crippen LogP contribution is 2.16. The van der Waals surface area contributed by atoms with Crippen molar-refractivity contribution in [1.82, 2.24) is 0 Å². The van der Waals surface area contributed by atoms with Crippen LogP contribution in [0.3, 0.4) is 0 Å². The van der Waals surface area contributed by atoms with Crippen LogP contribution in [0.4, 0.5) is 5.69 Å². The number of benzene rings is 1. The predicted octanol–water partition coefficient (Wildman–Crippen LogP) is 1.61. The second-order valence-corrected chi connectivity index (χ2v) is 4.80. The van der Waals surface area contributed by atoms with Crippen molar-refractivity contribution in [2.24, 2.45) is 4.99 Å². The minimum atomic E-state index is -3.30. The molecule has 0 atom stereocenters. The van der Waals surface area contributed by atoms with Gasteiger partial charge in [-0.1, -0.05) is 6.08 Å². The molecule has 0 fully saturated rings. The Morgan fingerprint density at radius 2 is 1.93 bits per heavy atom. The van der Waals surface area contributed by atoms with Crippen LogP contribution in [0.5, 0.6) is 0 Å². The summed E-state index contributed by atoms with van der Waals surface area (Å²) in [4.78, 5) is 13.5. The van der Waals surface area contributed by atoms with E-state index in [4.69, 9.17) is 0 Å². The van der Waals surface area contributed by atoms with E-state index in [0.29, 0.717) is 5.69 Å². The van der Waals surface area contributed by atoms with Gasteiger partial charge >= 0.3 is 0 Å². The van der Waals surface area contributed by atoms with Crippen LogP contribution in [0.25, 0.3) is 0 Å². The van der Waals surface area contributed by atoms with Gasteiger partial charge in [-0.15, -0.1) is 6.58 Å². The third kappa shape index (κ3) is 2.87. The first kappa shape index (κ1) is 11.4. The van der Waals surface area contributed by atoms with Crippen molar-refractivity contribution in [2.45, 2.75) is 4.90 Å². The van der Waals surface area contributed by atoms with E-state index in [2.05, 4.69) is 11.6 Å². The van der Waals surface area contributed by atoms with Crippen molar-refractivity contribution in [2.75, 3.05) is 5.75 Å². The minimum Gasteiger partial charge on any atom is -0.223 e. The predicted molar refractivity (Wildman–Crippen MR) is 56.5 cm³/mol. The molecule has 15 heavy (non-hydrogen) atoms. The van der Waals surface area contributed by atoms with Crippen LogP contribution in [0.2, 0.25) is 0 Å². The largest absolute Gasteiger partial charge is 0.240 e. The topological polar surface area (TPSA) is 63.6 Å². The van der Waals surface area contributed by atoms with Crippen LogP contribution in [0.1, 0.15) is 0 Å². The highest BCUT2D eigenvalue weighted by atomic mass is 32.2. The normalized spacial score (nSPS) is 10.4. The lowest BCUT2D eigenvalue weighted by atomic mass is 10.3. The van der Waals surface area contributed by atoms with Crippen LogP contribution in [0.15, 0.2) is 46.8 Å². The number of carbonyl (C=O) groups excluding carboxylic acids is 1. The van der Waals surface area contributed by atoms with Gasteiger partial charge in [0.15, 0.2) is 9.84 Å². The molecule has 78 valence electrons. The summed E-state index contributed by atoms with van der Waals surface area (Å²) >= 11 is 0. The molecular formula is C10H9NO3S. The van der Waals surface area contributed by atoms with Crippen molar-refractivity contribution in [3.8, 4) is 0 Å². The van der Waals surface area contributed by atoms with Gasteiger partial charge in [-0.2, -0.15) is 4.99 Å². The maximum atomic E-state index is 11.5. The highest BCUT2D eigenvalue weighted by Gasteiger charge is 2.11. The molecule has 0 N–H and O–H groups in total. The molecule has 5 heteroatoms. The molecule has 4 nitrogen and oxygen atoms in total. The molecule has 0 saturated carbocycles. The molecule has 0 heterocycles. The van der Waals surface area contributed by atoms with Crippen LogP contribution in [-0.2, 0) is 14.6 Å². The van der Waals surface area contributed by atoms with Gasteiger partial charge in [0, 0.05) is 0 Å². The number of rotatable bonds is 4. The summed E-state index contributed by atoms with van der Waals surface area (Å²) in [6.07, 6.45) is 2.70. The van der Waals surface area contributed by atoms with E-state index in [9.17, 15) is 13.2 Å². The highest BCUT2D eigenvalue weighted by molar-refractivity contribution is 7.91. The molecule has 0 aliphatic rings. The van der Waals surface area contributed by atoms with Gasteiger partial charge in [-0.3, -0.25) is 0 Å². The number of sulfone groups is 1. The third-order valence-electron chi connectivity index (χ3n) is 1.71. The van der Waals surface area contributed by atoms with Gasteiger partial charge in [-0.05, 0) is 24.3 Å². The summed E-state index contributed by atoms with van der Waals surface area (Å²) < 4.78 is 23.0. The van der Waals surface area contributed by atoms with Gasteiger partial charge in [0.2, 0.25) is 6.08 Å². The number of isocyanates is 1. The van der Waals surface area contributed by atoms with Crippen LogP contribution in [-0.4, -0.2) is 20.3 Å². The van der Waals surface area contributed by atoms with Gasteiger partial charge < -0.3 is 0 Å². The average molecular weight is 223 g/mol. The van der Waals surface area contributed by atoms with Crippen molar-refractivity contribution in [3.05, 3.63) is 36.9 Å². The van der Waals surface area contributed by atoms with Gasteiger partial charge in [-0.25, -0.2) is 13.2 Å². The second-order valence-electron chi connectivity index (χ2n) is 2.77. The second kappa shape index (κ2) is 4.68. The maximum absolute atomic E-state index is 11.5. The van der Waals surface area contributed by atoms with Crippen LogP contribution >= 0.6 is 0 Å². The monoisotopic (exact) mass is 223 g/mol. The Hall–Kier alpha value is -1.71. The van der Waals surface area contributed by atoms with E-state index >= 15 is 0 Å². The van der Waals surface area contributed by atoms with Gasteiger partial charge in [0.05, 0.1) is 16.3 Å². The van der Waals surface area contributed by atoms with Gasteiger partial charge in [0.25, 0.3) is 0 Å². The lowest BCUT2D eigenvalue weighted by molar-refractivity contribution is 0.565. The SMILES string of the molecule is C=CCS(=O)(=O)c1ccc(N=C=O)cc1. The number of hydrogen-bond donors (Lipinski definition) is 0. The van der Waals surface area contributed by atoms with Crippen molar-refractivity contribution >= 4 is 21.6 Å². The first-order valence-electron chi connectivity index (χ1n) is 4.12. The Labute approximate surface area is 87.9 Å². The number of nitrogens with zero attached hydrogens (tertiary/aromatic N) is 1. The zero-order chi connectivity index (χ0) is 11.3. The number of aliphatic imine (C=N–C) groups is 1. The smallest absolute Gasteiger partial charge is 0.223 e. The van der Waals surface area contributed by atoms with E-state index in [0.717, 1.165) is 0 Å². The quantitative estimate of drug-likeness (QED) is 0.442. The molecule has 0 spiro atoms. The molecule has 0 radical (unpaired) electrons. The van der Waals surface area contributed by atoms with E-state index in [1.807, 2.05) is 0 Å². The fourth-order valence-corrected chi connectivity index (χ4v) is 2.09. The molecule has 1 aromatic carbocycles. The maximum Gasteiger partial charge on any atom is 0.240 e. The summed E-state index contributed by atoms with van der Waals surface area (Å²) in [5, 5.41) is 0. The molecule has 0 saturated heterocycles. The Bertz CT molecular complexity index is 496. The van der Waals surface area contributed by atoms with E-state index in [1.165, 1.54) is 36.4 Å². The van der Waals surface area contributed by atoms with Crippen molar-refractivity contribution in [1.29, 1.82) is 0 Å². The summed E-state index contributed by atoms with van der Waals surface area (Å²) in [7, 11) is -3.30. The molecule has 0 aliphatic heterocycles. The lowest BCUT2D eigenvalue weighted by Crippen LogP contribution is -2.03. The van der Waals surface area contributed by atoms with Gasteiger partial charge in [0.1, 0.15) is 0 Å². The fraction of sp³-hybridized carbons (Fsp3) is 0.100.